The maximum Gasteiger partial charge on any atom is 0.0637 e. The van der Waals surface area contributed by atoms with E-state index >= 15 is 0 Å². The molecular formula is C18H25N3. The van der Waals surface area contributed by atoms with Gasteiger partial charge in [-0.3, -0.25) is 4.68 Å². The van der Waals surface area contributed by atoms with Crippen LogP contribution < -0.4 is 5.32 Å². The smallest absolute Gasteiger partial charge is 0.0637 e. The Morgan fingerprint density at radius 2 is 2.10 bits per heavy atom. The Hall–Kier alpha value is -1.61. The molecular weight excluding hydrogens is 258 g/mol. The van der Waals surface area contributed by atoms with Gasteiger partial charge in [0.1, 0.15) is 0 Å². The maximum absolute atomic E-state index is 4.45. The van der Waals surface area contributed by atoms with E-state index in [1.165, 1.54) is 24.0 Å². The van der Waals surface area contributed by atoms with Gasteiger partial charge in [-0.2, -0.15) is 5.10 Å². The second kappa shape index (κ2) is 5.64. The largest absolute Gasteiger partial charge is 0.309 e. The van der Waals surface area contributed by atoms with Gasteiger partial charge in [0.25, 0.3) is 0 Å². The fourth-order valence-electron chi connectivity index (χ4n) is 3.39. The molecule has 0 radical (unpaired) electrons. The lowest BCUT2D eigenvalue weighted by molar-refractivity contribution is 0.210. The summed E-state index contributed by atoms with van der Waals surface area (Å²) in [6, 6.07) is 11.4. The van der Waals surface area contributed by atoms with E-state index in [2.05, 4.69) is 54.6 Å². The monoisotopic (exact) mass is 283 g/mol. The van der Waals surface area contributed by atoms with Crippen molar-refractivity contribution in [3.8, 4) is 0 Å². The third-order valence-electron chi connectivity index (χ3n) is 4.68. The van der Waals surface area contributed by atoms with E-state index in [-0.39, 0.29) is 0 Å². The SMILES string of the molecule is Cn1ccc(CCNC2c3ccccc3CCC2(C)C)n1. The van der Waals surface area contributed by atoms with Crippen molar-refractivity contribution < 1.29 is 0 Å². The lowest BCUT2D eigenvalue weighted by Gasteiger charge is -2.40. The highest BCUT2D eigenvalue weighted by Gasteiger charge is 2.35. The number of benzene rings is 1. The summed E-state index contributed by atoms with van der Waals surface area (Å²) in [5.74, 6) is 0. The van der Waals surface area contributed by atoms with Gasteiger partial charge in [-0.05, 0) is 35.4 Å². The predicted octanol–water partition coefficient (Wildman–Crippen LogP) is 3.27. The van der Waals surface area contributed by atoms with Gasteiger partial charge >= 0.3 is 0 Å². The van der Waals surface area contributed by atoms with Gasteiger partial charge in [0.2, 0.25) is 0 Å². The summed E-state index contributed by atoms with van der Waals surface area (Å²) in [7, 11) is 1.97. The summed E-state index contributed by atoms with van der Waals surface area (Å²) in [6.45, 7) is 5.72. The van der Waals surface area contributed by atoms with Crippen molar-refractivity contribution in [2.24, 2.45) is 12.5 Å². The van der Waals surface area contributed by atoms with Crippen molar-refractivity contribution in [2.45, 2.75) is 39.2 Å². The lowest BCUT2D eigenvalue weighted by atomic mass is 9.70. The molecule has 1 unspecified atom stereocenters. The Kier molecular flexibility index (Phi) is 3.85. The maximum atomic E-state index is 4.45. The van der Waals surface area contributed by atoms with E-state index in [9.17, 15) is 0 Å². The Morgan fingerprint density at radius 1 is 1.29 bits per heavy atom. The molecule has 1 aromatic heterocycles. The lowest BCUT2D eigenvalue weighted by Crippen LogP contribution is -2.39. The highest BCUT2D eigenvalue weighted by atomic mass is 15.2. The van der Waals surface area contributed by atoms with E-state index in [1.807, 2.05) is 17.9 Å². The fraction of sp³-hybridized carbons (Fsp3) is 0.500. The van der Waals surface area contributed by atoms with Gasteiger partial charge in [0, 0.05) is 32.3 Å². The molecule has 3 rings (SSSR count). The standard InChI is InChI=1S/C18H25N3/c1-18(2)11-8-14-6-4-5-7-16(14)17(18)19-12-9-15-10-13-21(3)20-15/h4-7,10,13,17,19H,8-9,11-12H2,1-3H3. The van der Waals surface area contributed by atoms with Crippen LogP contribution in [0.5, 0.6) is 0 Å². The highest BCUT2D eigenvalue weighted by molar-refractivity contribution is 5.34. The van der Waals surface area contributed by atoms with Gasteiger partial charge in [0.15, 0.2) is 0 Å². The zero-order valence-corrected chi connectivity index (χ0v) is 13.3. The first-order valence-corrected chi connectivity index (χ1v) is 7.86. The van der Waals surface area contributed by atoms with Gasteiger partial charge in [0.05, 0.1) is 5.69 Å². The summed E-state index contributed by atoms with van der Waals surface area (Å²) >= 11 is 0. The van der Waals surface area contributed by atoms with Crippen LogP contribution in [0, 0.1) is 5.41 Å². The molecule has 1 aliphatic rings. The molecule has 112 valence electrons. The fourth-order valence-corrected chi connectivity index (χ4v) is 3.39. The van der Waals surface area contributed by atoms with E-state index in [1.54, 1.807) is 0 Å². The zero-order valence-electron chi connectivity index (χ0n) is 13.3. The van der Waals surface area contributed by atoms with Crippen LogP contribution in [0.25, 0.3) is 0 Å². The summed E-state index contributed by atoms with van der Waals surface area (Å²) in [6.07, 6.45) is 5.43. The molecule has 1 aliphatic carbocycles. The molecule has 0 saturated carbocycles. The second-order valence-electron chi connectivity index (χ2n) is 6.81. The highest BCUT2D eigenvalue weighted by Crippen LogP contribution is 2.43. The first kappa shape index (κ1) is 14.3. The molecule has 0 bridgehead atoms. The molecule has 2 aromatic rings. The summed E-state index contributed by atoms with van der Waals surface area (Å²) in [4.78, 5) is 0. The average Bonchev–Trinajstić information content (AvgIpc) is 2.87. The van der Waals surface area contributed by atoms with Gasteiger partial charge in [-0.25, -0.2) is 0 Å². The molecule has 3 heteroatoms. The number of aryl methyl sites for hydroxylation is 2. The van der Waals surface area contributed by atoms with Gasteiger partial charge in [-0.1, -0.05) is 38.1 Å². The number of hydrogen-bond acceptors (Lipinski definition) is 2. The van der Waals surface area contributed by atoms with Crippen LogP contribution in [0.3, 0.4) is 0 Å². The molecule has 0 saturated heterocycles. The Bertz CT molecular complexity index is 612. The number of nitrogens with one attached hydrogen (secondary N) is 1. The minimum Gasteiger partial charge on any atom is -0.309 e. The molecule has 3 nitrogen and oxygen atoms in total. The third kappa shape index (κ3) is 3.03. The van der Waals surface area contributed by atoms with Crippen LogP contribution in [0.2, 0.25) is 0 Å². The molecule has 0 spiro atoms. The van der Waals surface area contributed by atoms with Crippen LogP contribution in [-0.4, -0.2) is 16.3 Å². The van der Waals surface area contributed by atoms with Crippen molar-refractivity contribution in [2.75, 3.05) is 6.54 Å². The van der Waals surface area contributed by atoms with Gasteiger partial charge in [-0.15, -0.1) is 0 Å². The number of rotatable bonds is 4. The van der Waals surface area contributed by atoms with E-state index in [0.717, 1.165) is 18.7 Å². The summed E-state index contributed by atoms with van der Waals surface area (Å²) in [5.41, 5.74) is 4.45. The minimum atomic E-state index is 0.304. The second-order valence-corrected chi connectivity index (χ2v) is 6.81. The van der Waals surface area contributed by atoms with E-state index in [0.29, 0.717) is 11.5 Å². The predicted molar refractivity (Wildman–Crippen MR) is 86.2 cm³/mol. The van der Waals surface area contributed by atoms with Crippen LogP contribution in [0.4, 0.5) is 0 Å². The number of hydrogen-bond donors (Lipinski definition) is 1. The summed E-state index contributed by atoms with van der Waals surface area (Å²) < 4.78 is 1.87. The van der Waals surface area contributed by atoms with Crippen molar-refractivity contribution in [1.29, 1.82) is 0 Å². The molecule has 21 heavy (non-hydrogen) atoms. The molecule has 1 atom stereocenters. The molecule has 1 N–H and O–H groups in total. The van der Waals surface area contributed by atoms with Crippen LogP contribution in [0.15, 0.2) is 36.5 Å². The first-order valence-electron chi connectivity index (χ1n) is 7.86. The van der Waals surface area contributed by atoms with Crippen molar-refractivity contribution in [3.05, 3.63) is 53.3 Å². The molecule has 0 aliphatic heterocycles. The zero-order chi connectivity index (χ0) is 14.9. The Balaban J connectivity index is 1.70. The van der Waals surface area contributed by atoms with Crippen LogP contribution in [0.1, 0.15) is 43.1 Å². The van der Waals surface area contributed by atoms with E-state index < -0.39 is 0 Å². The normalized spacial score (nSPS) is 20.2. The average molecular weight is 283 g/mol. The molecule has 1 aromatic carbocycles. The minimum absolute atomic E-state index is 0.304. The number of nitrogens with zero attached hydrogens (tertiary/aromatic N) is 2. The van der Waals surface area contributed by atoms with Crippen molar-refractivity contribution in [3.63, 3.8) is 0 Å². The Morgan fingerprint density at radius 3 is 2.86 bits per heavy atom. The van der Waals surface area contributed by atoms with Crippen LogP contribution >= 0.6 is 0 Å². The van der Waals surface area contributed by atoms with Crippen molar-refractivity contribution >= 4 is 0 Å². The third-order valence-corrected chi connectivity index (χ3v) is 4.68. The topological polar surface area (TPSA) is 29.9 Å². The first-order chi connectivity index (χ1) is 10.1. The molecule has 0 amide bonds. The molecule has 1 heterocycles. The summed E-state index contributed by atoms with van der Waals surface area (Å²) in [5, 5.41) is 8.23. The number of fused-ring (bicyclic) bond motifs is 1. The van der Waals surface area contributed by atoms with Crippen LogP contribution in [-0.2, 0) is 19.9 Å². The van der Waals surface area contributed by atoms with Crippen molar-refractivity contribution in [1.82, 2.24) is 15.1 Å². The number of aromatic nitrogens is 2. The van der Waals surface area contributed by atoms with E-state index in [4.69, 9.17) is 0 Å². The Labute approximate surface area is 127 Å². The molecule has 0 fully saturated rings. The quantitative estimate of drug-likeness (QED) is 0.933. The van der Waals surface area contributed by atoms with Gasteiger partial charge < -0.3 is 5.32 Å².